The van der Waals surface area contributed by atoms with Crippen molar-refractivity contribution in [2.24, 2.45) is 0 Å². The van der Waals surface area contributed by atoms with E-state index >= 15 is 0 Å². The SMILES string of the molecule is Cc1c(NC(=O)c2cccnc2)ccc(C(=O)O)c1Cl. The van der Waals surface area contributed by atoms with Crippen molar-refractivity contribution in [1.29, 1.82) is 0 Å². The molecule has 0 saturated heterocycles. The van der Waals surface area contributed by atoms with E-state index < -0.39 is 5.97 Å². The highest BCUT2D eigenvalue weighted by molar-refractivity contribution is 6.34. The summed E-state index contributed by atoms with van der Waals surface area (Å²) in [5.41, 5.74) is 1.38. The zero-order chi connectivity index (χ0) is 14.7. The molecule has 1 aromatic carbocycles. The molecule has 0 aliphatic rings. The van der Waals surface area contributed by atoms with Gasteiger partial charge in [0.1, 0.15) is 0 Å². The number of carbonyl (C=O) groups is 2. The topological polar surface area (TPSA) is 79.3 Å². The zero-order valence-corrected chi connectivity index (χ0v) is 11.3. The molecule has 2 aromatic rings. The lowest BCUT2D eigenvalue weighted by Crippen LogP contribution is -2.13. The summed E-state index contributed by atoms with van der Waals surface area (Å²) < 4.78 is 0. The lowest BCUT2D eigenvalue weighted by Gasteiger charge is -2.11. The van der Waals surface area contributed by atoms with Crippen LogP contribution in [0.1, 0.15) is 26.3 Å². The number of benzene rings is 1. The Kier molecular flexibility index (Phi) is 4.00. The molecule has 1 heterocycles. The molecule has 5 nitrogen and oxygen atoms in total. The van der Waals surface area contributed by atoms with Gasteiger partial charge in [-0.2, -0.15) is 0 Å². The second kappa shape index (κ2) is 5.71. The van der Waals surface area contributed by atoms with Crippen LogP contribution in [0.15, 0.2) is 36.7 Å². The fraction of sp³-hybridized carbons (Fsp3) is 0.0714. The predicted octanol–water partition coefficient (Wildman–Crippen LogP) is 2.99. The number of carbonyl (C=O) groups excluding carboxylic acids is 1. The number of carboxylic acids is 1. The van der Waals surface area contributed by atoms with Crippen LogP contribution in [-0.4, -0.2) is 22.0 Å². The molecule has 0 aliphatic heterocycles. The normalized spacial score (nSPS) is 10.1. The molecule has 2 N–H and O–H groups in total. The van der Waals surface area contributed by atoms with Crippen molar-refractivity contribution in [3.05, 3.63) is 58.4 Å². The van der Waals surface area contributed by atoms with Gasteiger partial charge in [-0.05, 0) is 36.8 Å². The van der Waals surface area contributed by atoms with Gasteiger partial charge in [0.05, 0.1) is 16.1 Å². The Hall–Kier alpha value is -2.40. The summed E-state index contributed by atoms with van der Waals surface area (Å²) in [6, 6.07) is 6.16. The second-order valence-electron chi connectivity index (χ2n) is 4.10. The summed E-state index contributed by atoms with van der Waals surface area (Å²) in [6.07, 6.45) is 3.01. The number of halogens is 1. The van der Waals surface area contributed by atoms with Gasteiger partial charge in [0.15, 0.2) is 0 Å². The Labute approximate surface area is 120 Å². The van der Waals surface area contributed by atoms with Crippen LogP contribution >= 0.6 is 11.6 Å². The van der Waals surface area contributed by atoms with E-state index in [0.717, 1.165) is 0 Å². The minimum atomic E-state index is -1.11. The molecule has 1 amide bonds. The highest BCUT2D eigenvalue weighted by Gasteiger charge is 2.15. The molecule has 0 fully saturated rings. The summed E-state index contributed by atoms with van der Waals surface area (Å²) in [5.74, 6) is -1.44. The molecule has 0 aliphatic carbocycles. The van der Waals surface area contributed by atoms with Crippen LogP contribution in [-0.2, 0) is 0 Å². The van der Waals surface area contributed by atoms with Crippen molar-refractivity contribution < 1.29 is 14.7 Å². The summed E-state index contributed by atoms with van der Waals surface area (Å²) in [4.78, 5) is 26.8. The number of hydrogen-bond donors (Lipinski definition) is 2. The first-order chi connectivity index (χ1) is 9.50. The number of aromatic carboxylic acids is 1. The fourth-order valence-electron chi connectivity index (χ4n) is 1.68. The maximum absolute atomic E-state index is 12.0. The van der Waals surface area contributed by atoms with Crippen LogP contribution in [0.2, 0.25) is 5.02 Å². The number of pyridine rings is 1. The lowest BCUT2D eigenvalue weighted by molar-refractivity contribution is 0.0697. The smallest absolute Gasteiger partial charge is 0.337 e. The number of nitrogens with zero attached hydrogens (tertiary/aromatic N) is 1. The first-order valence-electron chi connectivity index (χ1n) is 5.74. The van der Waals surface area contributed by atoms with Gasteiger partial charge in [-0.1, -0.05) is 11.6 Å². The van der Waals surface area contributed by atoms with Gasteiger partial charge in [-0.3, -0.25) is 9.78 Å². The number of rotatable bonds is 3. The van der Waals surface area contributed by atoms with E-state index in [9.17, 15) is 9.59 Å². The van der Waals surface area contributed by atoms with Crippen LogP contribution in [0.4, 0.5) is 5.69 Å². The fourth-order valence-corrected chi connectivity index (χ4v) is 1.92. The van der Waals surface area contributed by atoms with E-state index in [2.05, 4.69) is 10.3 Å². The van der Waals surface area contributed by atoms with Crippen molar-refractivity contribution >= 4 is 29.2 Å². The molecule has 0 unspecified atom stereocenters. The maximum atomic E-state index is 12.0. The Morgan fingerprint density at radius 3 is 2.65 bits per heavy atom. The number of hydrogen-bond acceptors (Lipinski definition) is 3. The molecule has 6 heteroatoms. The molecule has 2 rings (SSSR count). The van der Waals surface area contributed by atoms with E-state index in [1.165, 1.54) is 18.3 Å². The van der Waals surface area contributed by atoms with Gasteiger partial charge in [0, 0.05) is 18.1 Å². The van der Waals surface area contributed by atoms with Gasteiger partial charge in [-0.25, -0.2) is 4.79 Å². The minimum absolute atomic E-state index is 0.00328. The number of nitrogens with one attached hydrogen (secondary N) is 1. The quantitative estimate of drug-likeness (QED) is 0.911. The third kappa shape index (κ3) is 2.78. The third-order valence-corrected chi connectivity index (χ3v) is 3.28. The molecule has 0 saturated carbocycles. The molecule has 0 spiro atoms. The van der Waals surface area contributed by atoms with Crippen molar-refractivity contribution in [3.8, 4) is 0 Å². The van der Waals surface area contributed by atoms with E-state index in [-0.39, 0.29) is 16.5 Å². The average molecular weight is 291 g/mol. The summed E-state index contributed by atoms with van der Waals surface area (Å²) in [6.45, 7) is 1.65. The van der Waals surface area contributed by atoms with Crippen LogP contribution in [0.25, 0.3) is 0 Å². The number of carboxylic acid groups (broad SMARTS) is 1. The van der Waals surface area contributed by atoms with E-state index in [4.69, 9.17) is 16.7 Å². The Balaban J connectivity index is 2.29. The first kappa shape index (κ1) is 14.0. The van der Waals surface area contributed by atoms with Gasteiger partial charge < -0.3 is 10.4 Å². The maximum Gasteiger partial charge on any atom is 0.337 e. The van der Waals surface area contributed by atoms with Gasteiger partial charge in [0.2, 0.25) is 0 Å². The van der Waals surface area contributed by atoms with Crippen molar-refractivity contribution in [2.75, 3.05) is 5.32 Å². The van der Waals surface area contributed by atoms with Crippen LogP contribution in [0, 0.1) is 6.92 Å². The number of anilines is 1. The summed E-state index contributed by atoms with van der Waals surface area (Å²) in [5, 5.41) is 11.8. The van der Waals surface area contributed by atoms with Crippen molar-refractivity contribution in [2.45, 2.75) is 6.92 Å². The molecular weight excluding hydrogens is 280 g/mol. The monoisotopic (exact) mass is 290 g/mol. The van der Waals surface area contributed by atoms with Crippen LogP contribution in [0.5, 0.6) is 0 Å². The number of aromatic nitrogens is 1. The van der Waals surface area contributed by atoms with E-state index in [1.807, 2.05) is 0 Å². The van der Waals surface area contributed by atoms with Crippen LogP contribution < -0.4 is 5.32 Å². The third-order valence-electron chi connectivity index (χ3n) is 2.79. The molecule has 1 aromatic heterocycles. The first-order valence-corrected chi connectivity index (χ1v) is 6.12. The molecule has 0 radical (unpaired) electrons. The van der Waals surface area contributed by atoms with Crippen molar-refractivity contribution in [1.82, 2.24) is 4.98 Å². The zero-order valence-electron chi connectivity index (χ0n) is 10.6. The Morgan fingerprint density at radius 2 is 2.05 bits per heavy atom. The van der Waals surface area contributed by atoms with Gasteiger partial charge >= 0.3 is 5.97 Å². The molecule has 0 bridgehead atoms. The molecular formula is C14H11ClN2O3. The highest BCUT2D eigenvalue weighted by atomic mass is 35.5. The standard InChI is InChI=1S/C14H11ClN2O3/c1-8-11(5-4-10(12(8)15)14(19)20)17-13(18)9-3-2-6-16-7-9/h2-7H,1H3,(H,17,18)(H,19,20). The van der Waals surface area contributed by atoms with E-state index in [1.54, 1.807) is 25.3 Å². The van der Waals surface area contributed by atoms with Gasteiger partial charge in [0.25, 0.3) is 5.91 Å². The highest BCUT2D eigenvalue weighted by Crippen LogP contribution is 2.27. The Bertz CT molecular complexity index is 672. The Morgan fingerprint density at radius 1 is 1.30 bits per heavy atom. The van der Waals surface area contributed by atoms with Crippen molar-refractivity contribution in [3.63, 3.8) is 0 Å². The molecule has 20 heavy (non-hydrogen) atoms. The molecule has 0 atom stereocenters. The number of amides is 1. The van der Waals surface area contributed by atoms with Crippen LogP contribution in [0.3, 0.4) is 0 Å². The largest absolute Gasteiger partial charge is 0.478 e. The van der Waals surface area contributed by atoms with E-state index in [0.29, 0.717) is 16.8 Å². The average Bonchev–Trinajstić information content (AvgIpc) is 2.44. The molecule has 102 valence electrons. The van der Waals surface area contributed by atoms with Gasteiger partial charge in [-0.15, -0.1) is 0 Å². The summed E-state index contributed by atoms with van der Waals surface area (Å²) in [7, 11) is 0. The minimum Gasteiger partial charge on any atom is -0.478 e. The lowest BCUT2D eigenvalue weighted by atomic mass is 10.1. The predicted molar refractivity (Wildman–Crippen MR) is 75.3 cm³/mol. The summed E-state index contributed by atoms with van der Waals surface area (Å²) >= 11 is 5.98. The second-order valence-corrected chi connectivity index (χ2v) is 4.48.